The number of amides is 3. The molecule has 1 heterocycles. The minimum Gasteiger partial charge on any atom is -0.465 e. The summed E-state index contributed by atoms with van der Waals surface area (Å²) in [4.78, 5) is 40.0. The average molecular weight is 537 g/mol. The standard InChI is InChI=1S/C23H23BrClN3O5/c1-4-32-20(29)23(3)14-27(26-19(23)15-6-10-17(25)11-7-15)21(30)28(22(31)33-5-2)18-12-8-16(24)9-13-18/h6-13H,4-5,14H2,1-3H3. The van der Waals surface area contributed by atoms with Crippen LogP contribution in [0.4, 0.5) is 15.3 Å². The summed E-state index contributed by atoms with van der Waals surface area (Å²) in [6, 6.07) is 12.6. The van der Waals surface area contributed by atoms with Crippen molar-refractivity contribution in [1.82, 2.24) is 5.01 Å². The van der Waals surface area contributed by atoms with Gasteiger partial charge in [0.25, 0.3) is 0 Å². The van der Waals surface area contributed by atoms with Gasteiger partial charge in [-0.3, -0.25) is 4.79 Å². The van der Waals surface area contributed by atoms with Crippen molar-refractivity contribution in [3.05, 3.63) is 63.6 Å². The van der Waals surface area contributed by atoms with E-state index in [9.17, 15) is 14.4 Å². The molecule has 1 unspecified atom stereocenters. The molecule has 2 aromatic carbocycles. The van der Waals surface area contributed by atoms with Crippen LogP contribution in [0.25, 0.3) is 0 Å². The van der Waals surface area contributed by atoms with E-state index in [4.69, 9.17) is 21.1 Å². The first-order valence-corrected chi connectivity index (χ1v) is 11.4. The summed E-state index contributed by atoms with van der Waals surface area (Å²) in [5.74, 6) is -0.527. The molecule has 0 bridgehead atoms. The summed E-state index contributed by atoms with van der Waals surface area (Å²) in [6.45, 7) is 5.14. The zero-order valence-corrected chi connectivity index (χ0v) is 20.7. The molecule has 33 heavy (non-hydrogen) atoms. The third-order valence-electron chi connectivity index (χ3n) is 5.00. The monoisotopic (exact) mass is 535 g/mol. The van der Waals surface area contributed by atoms with E-state index >= 15 is 0 Å². The van der Waals surface area contributed by atoms with E-state index in [2.05, 4.69) is 21.0 Å². The van der Waals surface area contributed by atoms with Crippen LogP contribution in [0.3, 0.4) is 0 Å². The van der Waals surface area contributed by atoms with Crippen LogP contribution in [-0.2, 0) is 14.3 Å². The molecule has 0 radical (unpaired) electrons. The Morgan fingerprint density at radius 3 is 2.24 bits per heavy atom. The van der Waals surface area contributed by atoms with E-state index in [-0.39, 0.29) is 19.8 Å². The van der Waals surface area contributed by atoms with Crippen LogP contribution in [-0.4, -0.2) is 48.6 Å². The lowest BCUT2D eigenvalue weighted by atomic mass is 9.82. The van der Waals surface area contributed by atoms with E-state index in [1.54, 1.807) is 69.3 Å². The first-order chi connectivity index (χ1) is 15.7. The third kappa shape index (κ3) is 5.20. The van der Waals surface area contributed by atoms with Crippen molar-refractivity contribution in [2.45, 2.75) is 20.8 Å². The SMILES string of the molecule is CCOC(=O)N(C(=O)N1CC(C)(C(=O)OCC)C(c2ccc(Cl)cc2)=N1)c1ccc(Br)cc1. The van der Waals surface area contributed by atoms with E-state index in [1.165, 1.54) is 0 Å². The Morgan fingerprint density at radius 2 is 1.67 bits per heavy atom. The number of hydrogen-bond donors (Lipinski definition) is 0. The number of rotatable bonds is 5. The Balaban J connectivity index is 2.04. The third-order valence-corrected chi connectivity index (χ3v) is 5.78. The Labute approximate surface area is 205 Å². The molecule has 174 valence electrons. The number of ether oxygens (including phenoxy) is 2. The number of imide groups is 1. The van der Waals surface area contributed by atoms with Crippen LogP contribution in [0, 0.1) is 5.41 Å². The smallest absolute Gasteiger partial charge is 0.422 e. The van der Waals surface area contributed by atoms with Gasteiger partial charge in [-0.15, -0.1) is 0 Å². The Bertz CT molecular complexity index is 1070. The number of carbonyl (C=O) groups excluding carboxylic acids is 3. The largest absolute Gasteiger partial charge is 0.465 e. The first-order valence-electron chi connectivity index (χ1n) is 10.3. The van der Waals surface area contributed by atoms with Crippen molar-refractivity contribution < 1.29 is 23.9 Å². The van der Waals surface area contributed by atoms with Gasteiger partial charge in [0.05, 0.1) is 31.2 Å². The molecule has 0 aromatic heterocycles. The molecule has 0 spiro atoms. The van der Waals surface area contributed by atoms with Gasteiger partial charge in [0, 0.05) is 9.50 Å². The molecule has 3 amide bonds. The Morgan fingerprint density at radius 1 is 1.06 bits per heavy atom. The van der Waals surface area contributed by atoms with Crippen LogP contribution in [0.15, 0.2) is 58.1 Å². The fourth-order valence-electron chi connectivity index (χ4n) is 3.37. The molecule has 0 fully saturated rings. The molecule has 8 nitrogen and oxygen atoms in total. The number of hydrazone groups is 1. The van der Waals surface area contributed by atoms with Crippen molar-refractivity contribution in [1.29, 1.82) is 0 Å². The molecule has 1 atom stereocenters. The van der Waals surface area contributed by atoms with Crippen LogP contribution in [0.1, 0.15) is 26.3 Å². The quantitative estimate of drug-likeness (QED) is 0.473. The molecule has 0 saturated heterocycles. The molecule has 3 rings (SSSR count). The zero-order chi connectivity index (χ0) is 24.2. The second-order valence-corrected chi connectivity index (χ2v) is 8.71. The topological polar surface area (TPSA) is 88.5 Å². The number of nitrogens with zero attached hydrogens (tertiary/aromatic N) is 3. The Kier molecular flexibility index (Phi) is 7.76. The normalized spacial score (nSPS) is 17.4. The van der Waals surface area contributed by atoms with Gasteiger partial charge in [0.1, 0.15) is 5.41 Å². The summed E-state index contributed by atoms with van der Waals surface area (Å²) in [5.41, 5.74) is -0.00342. The minimum absolute atomic E-state index is 0.0823. The molecule has 10 heteroatoms. The second-order valence-electron chi connectivity index (χ2n) is 7.36. The highest BCUT2D eigenvalue weighted by Crippen LogP contribution is 2.34. The van der Waals surface area contributed by atoms with Gasteiger partial charge in [-0.05, 0) is 62.7 Å². The maximum Gasteiger partial charge on any atom is 0.422 e. The fourth-order valence-corrected chi connectivity index (χ4v) is 3.76. The summed E-state index contributed by atoms with van der Waals surface area (Å²) in [6.07, 6.45) is -0.849. The number of anilines is 1. The molecule has 2 aromatic rings. The van der Waals surface area contributed by atoms with Crippen LogP contribution >= 0.6 is 27.5 Å². The van der Waals surface area contributed by atoms with Gasteiger partial charge < -0.3 is 9.47 Å². The molecule has 1 aliphatic rings. The second kappa shape index (κ2) is 10.4. The minimum atomic E-state index is -1.25. The van der Waals surface area contributed by atoms with Gasteiger partial charge in [0.15, 0.2) is 0 Å². The van der Waals surface area contributed by atoms with Crippen molar-refractivity contribution in [3.63, 3.8) is 0 Å². The van der Waals surface area contributed by atoms with Gasteiger partial charge in [0.2, 0.25) is 0 Å². The highest BCUT2D eigenvalue weighted by atomic mass is 79.9. The van der Waals surface area contributed by atoms with Crippen LogP contribution in [0.2, 0.25) is 5.02 Å². The average Bonchev–Trinajstić information content (AvgIpc) is 3.15. The highest BCUT2D eigenvalue weighted by molar-refractivity contribution is 9.10. The molecule has 0 N–H and O–H groups in total. The summed E-state index contributed by atoms with van der Waals surface area (Å²) < 4.78 is 11.2. The lowest BCUT2D eigenvalue weighted by Gasteiger charge is -2.26. The van der Waals surface area contributed by atoms with Crippen molar-refractivity contribution >= 4 is 57.0 Å². The molecule has 1 aliphatic heterocycles. The molecular weight excluding hydrogens is 514 g/mol. The maximum atomic E-state index is 13.5. The number of urea groups is 1. The highest BCUT2D eigenvalue weighted by Gasteiger charge is 2.49. The van der Waals surface area contributed by atoms with E-state index in [1.807, 2.05) is 0 Å². The summed E-state index contributed by atoms with van der Waals surface area (Å²) in [5, 5.41) is 6.05. The van der Waals surface area contributed by atoms with E-state index in [0.717, 1.165) is 14.4 Å². The predicted molar refractivity (Wildman–Crippen MR) is 128 cm³/mol. The van der Waals surface area contributed by atoms with Gasteiger partial charge >= 0.3 is 18.1 Å². The number of benzene rings is 2. The van der Waals surface area contributed by atoms with Crippen molar-refractivity contribution in [2.75, 3.05) is 24.7 Å². The number of hydrogen-bond acceptors (Lipinski definition) is 6. The lowest BCUT2D eigenvalue weighted by molar-refractivity contribution is -0.150. The van der Waals surface area contributed by atoms with Crippen molar-refractivity contribution in [3.8, 4) is 0 Å². The first kappa shape index (κ1) is 24.7. The molecule has 0 saturated carbocycles. The molecular formula is C23H23BrClN3O5. The molecule has 0 aliphatic carbocycles. The van der Waals surface area contributed by atoms with E-state index in [0.29, 0.717) is 22.0 Å². The number of halogens is 2. The van der Waals surface area contributed by atoms with Crippen LogP contribution in [0.5, 0.6) is 0 Å². The number of carbonyl (C=O) groups is 3. The summed E-state index contributed by atoms with van der Waals surface area (Å²) in [7, 11) is 0. The van der Waals surface area contributed by atoms with Crippen LogP contribution < -0.4 is 4.90 Å². The van der Waals surface area contributed by atoms with Gasteiger partial charge in [-0.25, -0.2) is 14.6 Å². The predicted octanol–water partition coefficient (Wildman–Crippen LogP) is 5.47. The number of esters is 1. The van der Waals surface area contributed by atoms with Gasteiger partial charge in [-0.2, -0.15) is 10.0 Å². The maximum absolute atomic E-state index is 13.5. The summed E-state index contributed by atoms with van der Waals surface area (Å²) >= 11 is 9.35. The van der Waals surface area contributed by atoms with Crippen molar-refractivity contribution in [2.24, 2.45) is 10.5 Å². The lowest BCUT2D eigenvalue weighted by Crippen LogP contribution is -2.47. The van der Waals surface area contributed by atoms with E-state index < -0.39 is 23.5 Å². The fraction of sp³-hybridized carbons (Fsp3) is 0.304. The van der Waals surface area contributed by atoms with Gasteiger partial charge in [-0.1, -0.05) is 39.7 Å². The Hall–Kier alpha value is -2.91. The zero-order valence-electron chi connectivity index (χ0n) is 18.4.